The van der Waals surface area contributed by atoms with Crippen LogP contribution in [0.25, 0.3) is 0 Å². The number of hydrogen-bond donors (Lipinski definition) is 0. The lowest BCUT2D eigenvalue weighted by molar-refractivity contribution is -0.120. The van der Waals surface area contributed by atoms with Crippen LogP contribution in [0.2, 0.25) is 0 Å². The van der Waals surface area contributed by atoms with Crippen LogP contribution in [0, 0.1) is 5.92 Å². The number of carbonyl (C=O) groups is 1. The Bertz CT molecular complexity index is 241. The molecule has 1 unspecified atom stereocenters. The Morgan fingerprint density at radius 3 is 2.81 bits per heavy atom. The monoisotopic (exact) mass is 224 g/mol. The van der Waals surface area contributed by atoms with Crippen LogP contribution in [0.1, 0.15) is 64.7 Å². The first-order chi connectivity index (χ1) is 7.74. The van der Waals surface area contributed by atoms with Gasteiger partial charge in [0.15, 0.2) is 0 Å². The Labute approximate surface area is 98.7 Å². The summed E-state index contributed by atoms with van der Waals surface area (Å²) in [6.45, 7) is 2.88. The molecule has 2 heteroatoms. The molecule has 0 aromatic heterocycles. The van der Waals surface area contributed by atoms with E-state index in [0.29, 0.717) is 12.2 Å². The molecule has 1 spiro atoms. The zero-order valence-electron chi connectivity index (χ0n) is 10.5. The molecule has 1 saturated carbocycles. The molecule has 0 aromatic rings. The standard InChI is InChI=1S/C14H24O2/c1-2-13(15)6-5-12-7-10-16-14(11-12)8-3-4-9-14/h12H,2-11H2,1H3. The molecule has 1 heterocycles. The van der Waals surface area contributed by atoms with E-state index in [1.165, 1.54) is 38.5 Å². The number of ether oxygens (including phenoxy) is 1. The van der Waals surface area contributed by atoms with Crippen molar-refractivity contribution in [2.75, 3.05) is 6.61 Å². The van der Waals surface area contributed by atoms with Crippen LogP contribution >= 0.6 is 0 Å². The Balaban J connectivity index is 1.80. The first-order valence-corrected chi connectivity index (χ1v) is 6.90. The molecule has 0 bridgehead atoms. The van der Waals surface area contributed by atoms with Crippen molar-refractivity contribution in [1.29, 1.82) is 0 Å². The fraction of sp³-hybridized carbons (Fsp3) is 0.929. The summed E-state index contributed by atoms with van der Waals surface area (Å²) in [6, 6.07) is 0. The highest BCUT2D eigenvalue weighted by molar-refractivity contribution is 5.77. The van der Waals surface area contributed by atoms with Gasteiger partial charge >= 0.3 is 0 Å². The minimum atomic E-state index is 0.220. The van der Waals surface area contributed by atoms with E-state index in [0.717, 1.165) is 25.4 Å². The predicted octanol–water partition coefficient (Wildman–Crippen LogP) is 3.49. The molecule has 0 radical (unpaired) electrons. The third-order valence-electron chi connectivity index (χ3n) is 4.34. The van der Waals surface area contributed by atoms with Gasteiger partial charge < -0.3 is 4.74 Å². The zero-order chi connectivity index (χ0) is 11.4. The van der Waals surface area contributed by atoms with Gasteiger partial charge in [0.05, 0.1) is 5.60 Å². The van der Waals surface area contributed by atoms with Crippen LogP contribution < -0.4 is 0 Å². The third kappa shape index (κ3) is 2.85. The largest absolute Gasteiger partial charge is 0.375 e. The normalized spacial score (nSPS) is 28.4. The van der Waals surface area contributed by atoms with Crippen LogP contribution in [0.5, 0.6) is 0 Å². The van der Waals surface area contributed by atoms with Gasteiger partial charge in [-0.05, 0) is 38.0 Å². The minimum Gasteiger partial charge on any atom is -0.375 e. The fourth-order valence-corrected chi connectivity index (χ4v) is 3.29. The van der Waals surface area contributed by atoms with E-state index in [-0.39, 0.29) is 5.60 Å². The molecular formula is C14H24O2. The van der Waals surface area contributed by atoms with Crippen molar-refractivity contribution in [3.63, 3.8) is 0 Å². The quantitative estimate of drug-likeness (QED) is 0.730. The van der Waals surface area contributed by atoms with Gasteiger partial charge in [-0.3, -0.25) is 4.79 Å². The van der Waals surface area contributed by atoms with E-state index in [9.17, 15) is 4.79 Å². The van der Waals surface area contributed by atoms with E-state index in [1.807, 2.05) is 6.92 Å². The van der Waals surface area contributed by atoms with Crippen molar-refractivity contribution in [2.45, 2.75) is 70.3 Å². The minimum absolute atomic E-state index is 0.220. The van der Waals surface area contributed by atoms with Crippen LogP contribution in [0.3, 0.4) is 0 Å². The summed E-state index contributed by atoms with van der Waals surface area (Å²) in [5, 5.41) is 0. The highest BCUT2D eigenvalue weighted by atomic mass is 16.5. The van der Waals surface area contributed by atoms with Gasteiger partial charge in [-0.15, -0.1) is 0 Å². The summed E-state index contributed by atoms with van der Waals surface area (Å²) in [4.78, 5) is 11.3. The number of rotatable bonds is 4. The van der Waals surface area contributed by atoms with Crippen LogP contribution in [0.15, 0.2) is 0 Å². The van der Waals surface area contributed by atoms with E-state index in [2.05, 4.69) is 0 Å². The molecule has 2 aliphatic rings. The summed E-state index contributed by atoms with van der Waals surface area (Å²) in [7, 11) is 0. The average molecular weight is 224 g/mol. The first kappa shape index (κ1) is 12.1. The Kier molecular flexibility index (Phi) is 4.01. The Hall–Kier alpha value is -0.370. The molecule has 0 aromatic carbocycles. The van der Waals surface area contributed by atoms with Gasteiger partial charge in [-0.2, -0.15) is 0 Å². The Morgan fingerprint density at radius 2 is 2.12 bits per heavy atom. The molecule has 2 rings (SSSR count). The molecule has 0 amide bonds. The maximum Gasteiger partial charge on any atom is 0.132 e. The van der Waals surface area contributed by atoms with Gasteiger partial charge in [0.25, 0.3) is 0 Å². The zero-order valence-corrected chi connectivity index (χ0v) is 10.5. The molecular weight excluding hydrogens is 200 g/mol. The molecule has 2 nitrogen and oxygen atoms in total. The van der Waals surface area contributed by atoms with E-state index < -0.39 is 0 Å². The molecule has 2 fully saturated rings. The second-order valence-corrected chi connectivity index (χ2v) is 5.53. The van der Waals surface area contributed by atoms with Crippen molar-refractivity contribution in [1.82, 2.24) is 0 Å². The summed E-state index contributed by atoms with van der Waals surface area (Å²) in [5.74, 6) is 1.16. The smallest absolute Gasteiger partial charge is 0.132 e. The van der Waals surface area contributed by atoms with Crippen LogP contribution in [-0.4, -0.2) is 18.0 Å². The van der Waals surface area contributed by atoms with Crippen molar-refractivity contribution < 1.29 is 9.53 Å². The summed E-state index contributed by atoms with van der Waals surface area (Å²) in [5.41, 5.74) is 0.220. The SMILES string of the molecule is CCC(=O)CCC1CCOC2(CCCC2)C1. The van der Waals surface area contributed by atoms with Gasteiger partial charge in [0, 0.05) is 19.4 Å². The highest BCUT2D eigenvalue weighted by Crippen LogP contribution is 2.43. The lowest BCUT2D eigenvalue weighted by atomic mass is 9.82. The molecule has 1 aliphatic carbocycles. The molecule has 1 saturated heterocycles. The molecule has 16 heavy (non-hydrogen) atoms. The molecule has 0 N–H and O–H groups in total. The third-order valence-corrected chi connectivity index (χ3v) is 4.34. The van der Waals surface area contributed by atoms with E-state index in [4.69, 9.17) is 4.74 Å². The fourth-order valence-electron chi connectivity index (χ4n) is 3.29. The molecule has 1 atom stereocenters. The van der Waals surface area contributed by atoms with Crippen molar-refractivity contribution in [3.8, 4) is 0 Å². The van der Waals surface area contributed by atoms with Crippen LogP contribution in [-0.2, 0) is 9.53 Å². The van der Waals surface area contributed by atoms with E-state index >= 15 is 0 Å². The second-order valence-electron chi connectivity index (χ2n) is 5.53. The number of ketones is 1. The molecule has 1 aliphatic heterocycles. The van der Waals surface area contributed by atoms with Gasteiger partial charge in [0.2, 0.25) is 0 Å². The average Bonchev–Trinajstić information content (AvgIpc) is 2.74. The molecule has 92 valence electrons. The second kappa shape index (κ2) is 5.31. The summed E-state index contributed by atoms with van der Waals surface area (Å²) >= 11 is 0. The van der Waals surface area contributed by atoms with Crippen molar-refractivity contribution in [2.24, 2.45) is 5.92 Å². The van der Waals surface area contributed by atoms with Gasteiger partial charge in [-0.1, -0.05) is 19.8 Å². The van der Waals surface area contributed by atoms with Crippen LogP contribution in [0.4, 0.5) is 0 Å². The lowest BCUT2D eigenvalue weighted by Crippen LogP contribution is -2.37. The predicted molar refractivity (Wildman–Crippen MR) is 64.4 cm³/mol. The summed E-state index contributed by atoms with van der Waals surface area (Å²) in [6.07, 6.45) is 10.1. The highest BCUT2D eigenvalue weighted by Gasteiger charge is 2.39. The number of carbonyl (C=O) groups excluding carboxylic acids is 1. The maximum absolute atomic E-state index is 11.3. The maximum atomic E-state index is 11.3. The lowest BCUT2D eigenvalue weighted by Gasteiger charge is -2.38. The van der Waals surface area contributed by atoms with Crippen molar-refractivity contribution in [3.05, 3.63) is 0 Å². The van der Waals surface area contributed by atoms with Gasteiger partial charge in [0.1, 0.15) is 5.78 Å². The first-order valence-electron chi connectivity index (χ1n) is 6.90. The number of hydrogen-bond acceptors (Lipinski definition) is 2. The Morgan fingerprint density at radius 1 is 1.38 bits per heavy atom. The van der Waals surface area contributed by atoms with Gasteiger partial charge in [-0.25, -0.2) is 0 Å². The van der Waals surface area contributed by atoms with E-state index in [1.54, 1.807) is 0 Å². The van der Waals surface area contributed by atoms with Crippen molar-refractivity contribution >= 4 is 5.78 Å². The summed E-state index contributed by atoms with van der Waals surface area (Å²) < 4.78 is 6.00. The number of Topliss-reactive ketones (excluding diaryl/α,β-unsaturated/α-hetero) is 1. The topological polar surface area (TPSA) is 26.3 Å².